The van der Waals surface area contributed by atoms with Gasteiger partial charge in [-0.1, -0.05) is 6.07 Å². The predicted octanol–water partition coefficient (Wildman–Crippen LogP) is 2.08. The summed E-state index contributed by atoms with van der Waals surface area (Å²) in [7, 11) is 2.05. The van der Waals surface area contributed by atoms with E-state index in [1.165, 1.54) is 11.1 Å². The van der Waals surface area contributed by atoms with Crippen LogP contribution < -0.4 is 0 Å². The van der Waals surface area contributed by atoms with E-state index in [0.717, 1.165) is 30.3 Å². The number of rotatable bonds is 2. The fraction of sp³-hybridized carbons (Fsp3) is 0.462. The molecular weight excluding hydrogens is 232 g/mol. The Kier molecular flexibility index (Phi) is 2.45. The fourth-order valence-electron chi connectivity index (χ4n) is 2.35. The number of fused-ring (bicyclic) bond motifs is 1. The van der Waals surface area contributed by atoms with E-state index in [1.54, 1.807) is 0 Å². The molecule has 1 aromatic heterocycles. The van der Waals surface area contributed by atoms with Crippen molar-refractivity contribution in [1.82, 2.24) is 9.55 Å². The molecule has 1 aromatic carbocycles. The summed E-state index contributed by atoms with van der Waals surface area (Å²) in [5.74, 6) is 1.87. The summed E-state index contributed by atoms with van der Waals surface area (Å²) in [5, 5.41) is 0. The summed E-state index contributed by atoms with van der Waals surface area (Å²) >= 11 is 4.46. The van der Waals surface area contributed by atoms with Gasteiger partial charge in [0.05, 0.1) is 29.7 Å². The summed E-state index contributed by atoms with van der Waals surface area (Å²) in [6.07, 6.45) is 0. The van der Waals surface area contributed by atoms with Crippen molar-refractivity contribution in [3.63, 3.8) is 0 Å². The zero-order chi connectivity index (χ0) is 12.0. The number of hydrogen-bond donors (Lipinski definition) is 1. The lowest BCUT2D eigenvalue weighted by Crippen LogP contribution is -2.48. The van der Waals surface area contributed by atoms with E-state index in [2.05, 4.69) is 40.4 Å². The summed E-state index contributed by atoms with van der Waals surface area (Å²) in [6, 6.07) is 6.51. The van der Waals surface area contributed by atoms with Gasteiger partial charge in [-0.2, -0.15) is 12.6 Å². The van der Waals surface area contributed by atoms with Crippen LogP contribution in [0.5, 0.6) is 0 Å². The van der Waals surface area contributed by atoms with Crippen molar-refractivity contribution in [3.8, 4) is 0 Å². The second-order valence-corrected chi connectivity index (χ2v) is 5.17. The molecule has 0 bridgehead atoms. The van der Waals surface area contributed by atoms with E-state index in [9.17, 15) is 0 Å². The van der Waals surface area contributed by atoms with Gasteiger partial charge in [0.2, 0.25) is 0 Å². The molecule has 0 radical (unpaired) electrons. The van der Waals surface area contributed by atoms with Gasteiger partial charge in [-0.05, 0) is 24.6 Å². The van der Waals surface area contributed by atoms with Crippen molar-refractivity contribution in [1.29, 1.82) is 0 Å². The molecule has 2 heterocycles. The van der Waals surface area contributed by atoms with E-state index < -0.39 is 0 Å². The van der Waals surface area contributed by atoms with Crippen molar-refractivity contribution >= 4 is 23.7 Å². The van der Waals surface area contributed by atoms with Gasteiger partial charge in [-0.3, -0.25) is 0 Å². The van der Waals surface area contributed by atoms with Crippen LogP contribution in [0.4, 0.5) is 0 Å². The van der Waals surface area contributed by atoms with Crippen LogP contribution in [0.15, 0.2) is 18.2 Å². The Labute approximate surface area is 106 Å². The highest BCUT2D eigenvalue weighted by Crippen LogP contribution is 2.34. The number of hydrogen-bond acceptors (Lipinski definition) is 3. The minimum atomic E-state index is 0.0999. The highest BCUT2D eigenvalue weighted by atomic mass is 32.1. The first-order valence-corrected chi connectivity index (χ1v) is 6.42. The van der Waals surface area contributed by atoms with E-state index in [4.69, 9.17) is 4.74 Å². The summed E-state index contributed by atoms with van der Waals surface area (Å²) in [6.45, 7) is 3.57. The van der Waals surface area contributed by atoms with Gasteiger partial charge in [-0.25, -0.2) is 4.98 Å². The Hall–Kier alpha value is -1.00. The molecular formula is C13H16N2OS. The zero-order valence-electron chi connectivity index (χ0n) is 10.1. The highest BCUT2D eigenvalue weighted by molar-refractivity contribution is 7.80. The van der Waals surface area contributed by atoms with Crippen molar-refractivity contribution in [3.05, 3.63) is 29.6 Å². The number of nitrogens with zero attached hydrogens (tertiary/aromatic N) is 2. The molecule has 0 unspecified atom stereocenters. The molecule has 0 aliphatic carbocycles. The Balaban J connectivity index is 2.13. The molecule has 1 saturated heterocycles. The topological polar surface area (TPSA) is 27.1 Å². The van der Waals surface area contributed by atoms with Crippen LogP contribution in [0.25, 0.3) is 11.0 Å². The molecule has 3 rings (SSSR count). The molecule has 90 valence electrons. The number of benzene rings is 1. The van der Waals surface area contributed by atoms with Crippen LogP contribution >= 0.6 is 12.6 Å². The maximum absolute atomic E-state index is 5.35. The van der Waals surface area contributed by atoms with Gasteiger partial charge in [0.1, 0.15) is 5.82 Å². The largest absolute Gasteiger partial charge is 0.379 e. The van der Waals surface area contributed by atoms with Gasteiger partial charge in [-0.15, -0.1) is 0 Å². The monoisotopic (exact) mass is 248 g/mol. The second kappa shape index (κ2) is 3.75. The number of aryl methyl sites for hydroxylation is 2. The minimum Gasteiger partial charge on any atom is -0.379 e. The quantitative estimate of drug-likeness (QED) is 0.824. The van der Waals surface area contributed by atoms with Crippen molar-refractivity contribution in [2.45, 2.75) is 12.3 Å². The highest BCUT2D eigenvalue weighted by Gasteiger charge is 2.39. The van der Waals surface area contributed by atoms with Crippen LogP contribution in [-0.2, 0) is 17.2 Å². The molecule has 0 N–H and O–H groups in total. The third-order valence-corrected chi connectivity index (χ3v) is 4.38. The van der Waals surface area contributed by atoms with Crippen LogP contribution in [0, 0.1) is 6.92 Å². The number of thiol groups is 1. The van der Waals surface area contributed by atoms with E-state index in [1.807, 2.05) is 14.0 Å². The van der Waals surface area contributed by atoms with E-state index >= 15 is 0 Å². The average Bonchev–Trinajstić information content (AvgIpc) is 2.54. The molecule has 0 saturated carbocycles. The minimum absolute atomic E-state index is 0.0999. The van der Waals surface area contributed by atoms with Crippen LogP contribution in [0.2, 0.25) is 0 Å². The van der Waals surface area contributed by atoms with Gasteiger partial charge < -0.3 is 9.30 Å². The normalized spacial score (nSPS) is 18.3. The standard InChI is InChI=1S/C13H16N2OS/c1-9-14-11-5-10(3-4-12(11)15(9)2)13(8-17)6-16-7-13/h3-5,17H,6-8H2,1-2H3. The molecule has 1 aliphatic heterocycles. The van der Waals surface area contributed by atoms with Crippen molar-refractivity contribution < 1.29 is 4.74 Å². The molecule has 3 nitrogen and oxygen atoms in total. The SMILES string of the molecule is Cc1nc2cc(C3(CS)COC3)ccc2n1C. The zero-order valence-corrected chi connectivity index (χ0v) is 11.0. The maximum atomic E-state index is 5.35. The van der Waals surface area contributed by atoms with Crippen LogP contribution in [0.3, 0.4) is 0 Å². The van der Waals surface area contributed by atoms with Crippen LogP contribution in [0.1, 0.15) is 11.4 Å². The molecule has 1 aliphatic rings. The lowest BCUT2D eigenvalue weighted by molar-refractivity contribution is -0.0470. The molecule has 0 spiro atoms. The maximum Gasteiger partial charge on any atom is 0.106 e. The average molecular weight is 248 g/mol. The lowest BCUT2D eigenvalue weighted by atomic mass is 9.80. The lowest BCUT2D eigenvalue weighted by Gasteiger charge is -2.40. The summed E-state index contributed by atoms with van der Waals surface area (Å²) in [5.41, 5.74) is 3.64. The first-order chi connectivity index (χ1) is 8.16. The predicted molar refractivity (Wildman–Crippen MR) is 71.8 cm³/mol. The smallest absolute Gasteiger partial charge is 0.106 e. The third-order valence-electron chi connectivity index (χ3n) is 3.78. The molecule has 17 heavy (non-hydrogen) atoms. The molecule has 4 heteroatoms. The summed E-state index contributed by atoms with van der Waals surface area (Å²) in [4.78, 5) is 4.58. The van der Waals surface area contributed by atoms with Gasteiger partial charge in [0.25, 0.3) is 0 Å². The number of ether oxygens (including phenoxy) is 1. The van der Waals surface area contributed by atoms with Crippen molar-refractivity contribution in [2.24, 2.45) is 7.05 Å². The molecule has 0 amide bonds. The first-order valence-electron chi connectivity index (χ1n) is 5.78. The van der Waals surface area contributed by atoms with Gasteiger partial charge in [0, 0.05) is 12.8 Å². The Morgan fingerprint density at radius 2 is 2.24 bits per heavy atom. The number of aromatic nitrogens is 2. The first kappa shape index (κ1) is 11.1. The molecule has 1 fully saturated rings. The van der Waals surface area contributed by atoms with Gasteiger partial charge in [0.15, 0.2) is 0 Å². The Morgan fingerprint density at radius 3 is 2.82 bits per heavy atom. The van der Waals surface area contributed by atoms with Crippen molar-refractivity contribution in [2.75, 3.05) is 19.0 Å². The third kappa shape index (κ3) is 1.51. The summed E-state index contributed by atoms with van der Waals surface area (Å²) < 4.78 is 7.46. The fourth-order valence-corrected chi connectivity index (χ4v) is 2.71. The Bertz CT molecular complexity index is 567. The van der Waals surface area contributed by atoms with Crippen LogP contribution in [-0.4, -0.2) is 28.5 Å². The van der Waals surface area contributed by atoms with E-state index in [-0.39, 0.29) is 5.41 Å². The number of imidazole rings is 1. The van der Waals surface area contributed by atoms with Gasteiger partial charge >= 0.3 is 0 Å². The second-order valence-electron chi connectivity index (χ2n) is 4.85. The Morgan fingerprint density at radius 1 is 1.47 bits per heavy atom. The molecule has 0 atom stereocenters. The van der Waals surface area contributed by atoms with E-state index in [0.29, 0.717) is 0 Å². The molecule has 2 aromatic rings.